The van der Waals surface area contributed by atoms with Gasteiger partial charge in [0.2, 0.25) is 0 Å². The SMILES string of the molecule is O=c1cc(-c2ccc(O)cc2)oc2cc(O)c([C@@H]3O[C@H](CO[C@@H]4O[C@H](CO)[C@@H](O)[C@H](O)[C@H]4O)[C@@H](O)[C@H](O)[C@H]3O)c(O)c12. The molecule has 2 saturated heterocycles. The van der Waals surface area contributed by atoms with Crippen LogP contribution in [0.1, 0.15) is 11.7 Å². The van der Waals surface area contributed by atoms with Gasteiger partial charge in [-0.3, -0.25) is 4.79 Å². The van der Waals surface area contributed by atoms with Crippen LogP contribution in [0.5, 0.6) is 17.2 Å². The summed E-state index contributed by atoms with van der Waals surface area (Å²) in [7, 11) is 0. The van der Waals surface area contributed by atoms with Crippen LogP contribution in [0.4, 0.5) is 0 Å². The van der Waals surface area contributed by atoms with Crippen LogP contribution in [-0.4, -0.2) is 119 Å². The summed E-state index contributed by atoms with van der Waals surface area (Å²) in [5.74, 6) is -1.46. The Kier molecular flexibility index (Phi) is 8.41. The van der Waals surface area contributed by atoms with E-state index in [0.29, 0.717) is 5.56 Å². The average molecular weight is 595 g/mol. The Morgan fingerprint density at radius 3 is 2.07 bits per heavy atom. The van der Waals surface area contributed by atoms with Crippen molar-refractivity contribution < 1.29 is 69.7 Å². The van der Waals surface area contributed by atoms with Crippen molar-refractivity contribution >= 4 is 11.0 Å². The lowest BCUT2D eigenvalue weighted by molar-refractivity contribution is -0.314. The van der Waals surface area contributed by atoms with E-state index in [1.54, 1.807) is 0 Å². The van der Waals surface area contributed by atoms with Gasteiger partial charge in [-0.15, -0.1) is 0 Å². The fourth-order valence-corrected chi connectivity index (χ4v) is 5.07. The lowest BCUT2D eigenvalue weighted by Crippen LogP contribution is -2.60. The molecule has 0 unspecified atom stereocenters. The molecule has 1 aromatic heterocycles. The molecule has 15 heteroatoms. The Hall–Kier alpha value is -3.35. The summed E-state index contributed by atoms with van der Waals surface area (Å²) in [5.41, 5.74) is -1.03. The largest absolute Gasteiger partial charge is 0.508 e. The molecule has 0 aliphatic carbocycles. The molecule has 15 nitrogen and oxygen atoms in total. The molecule has 5 rings (SSSR count). The zero-order valence-electron chi connectivity index (χ0n) is 21.7. The summed E-state index contributed by atoms with van der Waals surface area (Å²) in [6.45, 7) is -1.36. The Balaban J connectivity index is 1.43. The molecule has 2 aliphatic heterocycles. The summed E-state index contributed by atoms with van der Waals surface area (Å²) < 4.78 is 22.0. The van der Waals surface area contributed by atoms with Crippen molar-refractivity contribution in [1.29, 1.82) is 0 Å². The topological polar surface area (TPSA) is 260 Å². The van der Waals surface area contributed by atoms with Gasteiger partial charge in [-0.25, -0.2) is 0 Å². The van der Waals surface area contributed by atoms with Crippen molar-refractivity contribution in [2.24, 2.45) is 0 Å². The predicted octanol–water partition coefficient (Wildman–Crippen LogP) is -2.08. The van der Waals surface area contributed by atoms with Gasteiger partial charge in [-0.05, 0) is 24.3 Å². The number of hydrogen-bond acceptors (Lipinski definition) is 15. The number of phenolic OH excluding ortho intramolecular Hbond substituents is 3. The molecule has 2 fully saturated rings. The number of ether oxygens (including phenoxy) is 3. The first kappa shape index (κ1) is 30.1. The maximum absolute atomic E-state index is 13.0. The molecular weight excluding hydrogens is 564 g/mol. The predicted molar refractivity (Wildman–Crippen MR) is 138 cm³/mol. The number of aliphatic hydroxyl groups excluding tert-OH is 7. The van der Waals surface area contributed by atoms with E-state index in [-0.39, 0.29) is 22.5 Å². The first-order valence-corrected chi connectivity index (χ1v) is 12.9. The highest BCUT2D eigenvalue weighted by molar-refractivity contribution is 5.88. The first-order valence-electron chi connectivity index (χ1n) is 12.9. The van der Waals surface area contributed by atoms with E-state index in [1.807, 2.05) is 0 Å². The highest BCUT2D eigenvalue weighted by Gasteiger charge is 2.48. The highest BCUT2D eigenvalue weighted by atomic mass is 16.7. The Bertz CT molecular complexity index is 1470. The summed E-state index contributed by atoms with van der Waals surface area (Å²) >= 11 is 0. The standard InChI is InChI=1S/C27H30O15/c28-7-15-19(32)23(36)25(38)27(42-15)39-8-16-20(33)22(35)24(37)26(41-16)18-12(31)6-14-17(21(18)34)11(30)5-13(40-14)9-1-3-10(29)4-2-9/h1-6,15-16,19-20,22-29,31-38H,7-8H2/t15-,16-,19-,20-,22+,23+,24-,25-,26+,27-/m1/s1. The lowest BCUT2D eigenvalue weighted by atomic mass is 9.89. The van der Waals surface area contributed by atoms with Crippen LogP contribution in [0, 0.1) is 0 Å². The third-order valence-corrected chi connectivity index (χ3v) is 7.43. The number of benzene rings is 2. The molecule has 2 aromatic carbocycles. The fraction of sp³-hybridized carbons (Fsp3) is 0.444. The number of fused-ring (bicyclic) bond motifs is 1. The van der Waals surface area contributed by atoms with Gasteiger partial charge in [0.25, 0.3) is 0 Å². The number of aliphatic hydroxyl groups is 7. The van der Waals surface area contributed by atoms with Crippen molar-refractivity contribution in [2.45, 2.75) is 61.2 Å². The van der Waals surface area contributed by atoms with Gasteiger partial charge in [0.1, 0.15) is 88.9 Å². The number of rotatable bonds is 6. The maximum atomic E-state index is 13.0. The first-order chi connectivity index (χ1) is 19.9. The van der Waals surface area contributed by atoms with Crippen molar-refractivity contribution in [2.75, 3.05) is 13.2 Å². The average Bonchev–Trinajstić information content (AvgIpc) is 2.96. The third-order valence-electron chi connectivity index (χ3n) is 7.43. The van der Waals surface area contributed by atoms with Crippen LogP contribution in [0.3, 0.4) is 0 Å². The zero-order valence-corrected chi connectivity index (χ0v) is 21.7. The van der Waals surface area contributed by atoms with E-state index < -0.39 is 96.9 Å². The number of phenols is 3. The minimum Gasteiger partial charge on any atom is -0.508 e. The van der Waals surface area contributed by atoms with Gasteiger partial charge >= 0.3 is 0 Å². The van der Waals surface area contributed by atoms with Crippen molar-refractivity contribution in [3.05, 3.63) is 52.2 Å². The quantitative estimate of drug-likeness (QED) is 0.147. The van der Waals surface area contributed by atoms with Crippen molar-refractivity contribution in [3.63, 3.8) is 0 Å². The highest BCUT2D eigenvalue weighted by Crippen LogP contribution is 2.45. The van der Waals surface area contributed by atoms with Gasteiger partial charge in [-0.1, -0.05) is 0 Å². The summed E-state index contributed by atoms with van der Waals surface area (Å²) in [4.78, 5) is 13.0. The lowest BCUT2D eigenvalue weighted by Gasteiger charge is -2.43. The van der Waals surface area contributed by atoms with Gasteiger partial charge in [0.05, 0.1) is 18.8 Å². The van der Waals surface area contributed by atoms with Crippen molar-refractivity contribution in [1.82, 2.24) is 0 Å². The van der Waals surface area contributed by atoms with E-state index in [0.717, 1.165) is 12.1 Å². The molecule has 3 aromatic rings. The fourth-order valence-electron chi connectivity index (χ4n) is 5.07. The van der Waals surface area contributed by atoms with Crippen LogP contribution in [0.2, 0.25) is 0 Å². The van der Waals surface area contributed by atoms with E-state index in [1.165, 1.54) is 24.3 Å². The minimum atomic E-state index is -1.92. The van der Waals surface area contributed by atoms with Crippen LogP contribution in [0.25, 0.3) is 22.3 Å². The third kappa shape index (κ3) is 5.31. The van der Waals surface area contributed by atoms with E-state index >= 15 is 0 Å². The Labute approximate surface area is 236 Å². The van der Waals surface area contributed by atoms with Crippen molar-refractivity contribution in [3.8, 4) is 28.6 Å². The van der Waals surface area contributed by atoms with Gasteiger partial charge in [-0.2, -0.15) is 0 Å². The van der Waals surface area contributed by atoms with Crippen LogP contribution < -0.4 is 5.43 Å². The molecule has 0 spiro atoms. The molecule has 0 amide bonds. The van der Waals surface area contributed by atoms with Crippen LogP contribution in [-0.2, 0) is 14.2 Å². The second-order valence-corrected chi connectivity index (χ2v) is 10.2. The monoisotopic (exact) mass is 594 g/mol. The molecule has 228 valence electrons. The number of hydrogen-bond donors (Lipinski definition) is 10. The van der Waals surface area contributed by atoms with Crippen LogP contribution in [0.15, 0.2) is 45.6 Å². The minimum absolute atomic E-state index is 0.0166. The Morgan fingerprint density at radius 2 is 1.40 bits per heavy atom. The molecule has 2 aliphatic rings. The normalized spacial score (nSPS) is 33.6. The van der Waals surface area contributed by atoms with Gasteiger partial charge < -0.3 is 69.7 Å². The maximum Gasteiger partial charge on any atom is 0.197 e. The Morgan fingerprint density at radius 1 is 0.762 bits per heavy atom. The summed E-state index contributed by atoms with van der Waals surface area (Å²) in [5, 5.41) is 102. The number of aromatic hydroxyl groups is 3. The second-order valence-electron chi connectivity index (χ2n) is 10.2. The van der Waals surface area contributed by atoms with Gasteiger partial charge in [0.15, 0.2) is 11.7 Å². The molecule has 10 N–H and O–H groups in total. The molecule has 0 bridgehead atoms. The molecule has 0 saturated carbocycles. The van der Waals surface area contributed by atoms with E-state index in [4.69, 9.17) is 18.6 Å². The molecule has 0 radical (unpaired) electrons. The van der Waals surface area contributed by atoms with E-state index in [9.17, 15) is 55.9 Å². The second kappa shape index (κ2) is 11.7. The molecule has 42 heavy (non-hydrogen) atoms. The smallest absolute Gasteiger partial charge is 0.197 e. The summed E-state index contributed by atoms with van der Waals surface area (Å²) in [6.07, 6.45) is -16.8. The molecule has 10 atom stereocenters. The zero-order chi connectivity index (χ0) is 30.5. The molecule has 3 heterocycles. The molecular formula is C27H30O15. The van der Waals surface area contributed by atoms with Crippen LogP contribution >= 0.6 is 0 Å². The van der Waals surface area contributed by atoms with Gasteiger partial charge in [0, 0.05) is 17.7 Å². The summed E-state index contributed by atoms with van der Waals surface area (Å²) in [6, 6.07) is 7.79. The van der Waals surface area contributed by atoms with E-state index in [2.05, 4.69) is 0 Å².